The highest BCUT2D eigenvalue weighted by Gasteiger charge is 2.26. The van der Waals surface area contributed by atoms with E-state index < -0.39 is 0 Å². The number of alkyl halides is 1. The van der Waals surface area contributed by atoms with Crippen molar-refractivity contribution in [1.82, 2.24) is 10.2 Å². The van der Waals surface area contributed by atoms with E-state index in [9.17, 15) is 9.59 Å². The fraction of sp³-hybridized carbons (Fsp3) is 0.833. The van der Waals surface area contributed by atoms with E-state index in [0.29, 0.717) is 31.9 Å². The van der Waals surface area contributed by atoms with Gasteiger partial charge in [0, 0.05) is 37.9 Å². The molecule has 0 aromatic heterocycles. The summed E-state index contributed by atoms with van der Waals surface area (Å²) < 4.78 is 0. The second-order valence-corrected chi connectivity index (χ2v) is 4.72. The third-order valence-electron chi connectivity index (χ3n) is 3.09. The van der Waals surface area contributed by atoms with Gasteiger partial charge in [-0.2, -0.15) is 0 Å². The van der Waals surface area contributed by atoms with Crippen molar-refractivity contribution in [3.63, 3.8) is 0 Å². The molecule has 0 radical (unpaired) electrons. The zero-order valence-corrected chi connectivity index (χ0v) is 11.1. The standard InChI is InChI=1S/C12H21ClN2O2/c1-2-14-12(17)10-5-8-15(9-6-10)11(16)4-3-7-13/h10H,2-9H2,1H3,(H,14,17). The fourth-order valence-corrected chi connectivity index (χ4v) is 2.22. The van der Waals surface area contributed by atoms with Crippen LogP contribution in [-0.2, 0) is 9.59 Å². The van der Waals surface area contributed by atoms with Crippen molar-refractivity contribution in [3.05, 3.63) is 0 Å². The summed E-state index contributed by atoms with van der Waals surface area (Å²) in [5, 5.41) is 2.83. The van der Waals surface area contributed by atoms with Crippen molar-refractivity contribution in [2.24, 2.45) is 5.92 Å². The summed E-state index contributed by atoms with van der Waals surface area (Å²) in [5.74, 6) is 0.897. The topological polar surface area (TPSA) is 49.4 Å². The number of hydrogen-bond acceptors (Lipinski definition) is 2. The Morgan fingerprint density at radius 1 is 1.35 bits per heavy atom. The number of carbonyl (C=O) groups is 2. The number of likely N-dealkylation sites (tertiary alicyclic amines) is 1. The summed E-state index contributed by atoms with van der Waals surface area (Å²) >= 11 is 5.56. The molecule has 4 nitrogen and oxygen atoms in total. The first-order chi connectivity index (χ1) is 8.19. The van der Waals surface area contributed by atoms with Crippen molar-refractivity contribution >= 4 is 23.4 Å². The molecule has 1 heterocycles. The van der Waals surface area contributed by atoms with Crippen LogP contribution < -0.4 is 5.32 Å². The zero-order chi connectivity index (χ0) is 12.7. The Kier molecular flexibility index (Phi) is 6.34. The average molecular weight is 261 g/mol. The molecule has 0 spiro atoms. The maximum absolute atomic E-state index is 11.7. The van der Waals surface area contributed by atoms with Crippen LogP contribution in [0, 0.1) is 5.92 Å². The molecule has 1 aliphatic rings. The fourth-order valence-electron chi connectivity index (χ4n) is 2.09. The maximum atomic E-state index is 11.7. The van der Waals surface area contributed by atoms with Crippen molar-refractivity contribution in [3.8, 4) is 0 Å². The third-order valence-corrected chi connectivity index (χ3v) is 3.36. The highest BCUT2D eigenvalue weighted by molar-refractivity contribution is 6.17. The van der Waals surface area contributed by atoms with Gasteiger partial charge in [-0.25, -0.2) is 0 Å². The van der Waals surface area contributed by atoms with E-state index in [1.807, 2.05) is 11.8 Å². The van der Waals surface area contributed by atoms with Crippen molar-refractivity contribution < 1.29 is 9.59 Å². The van der Waals surface area contributed by atoms with E-state index in [1.54, 1.807) is 0 Å². The van der Waals surface area contributed by atoms with Gasteiger partial charge in [-0.15, -0.1) is 11.6 Å². The molecule has 17 heavy (non-hydrogen) atoms. The van der Waals surface area contributed by atoms with Gasteiger partial charge in [-0.1, -0.05) is 0 Å². The number of amides is 2. The first-order valence-corrected chi connectivity index (χ1v) is 6.84. The molecule has 2 amide bonds. The third kappa shape index (κ3) is 4.54. The number of hydrogen-bond donors (Lipinski definition) is 1. The van der Waals surface area contributed by atoms with Crippen LogP contribution in [0.3, 0.4) is 0 Å². The summed E-state index contributed by atoms with van der Waals surface area (Å²) in [6, 6.07) is 0. The van der Waals surface area contributed by atoms with Gasteiger partial charge in [0.2, 0.25) is 11.8 Å². The number of nitrogens with one attached hydrogen (secondary N) is 1. The molecule has 1 aliphatic heterocycles. The maximum Gasteiger partial charge on any atom is 0.223 e. The molecule has 1 fully saturated rings. The van der Waals surface area contributed by atoms with E-state index in [4.69, 9.17) is 11.6 Å². The monoisotopic (exact) mass is 260 g/mol. The molecule has 0 aromatic rings. The minimum absolute atomic E-state index is 0.0760. The lowest BCUT2D eigenvalue weighted by Gasteiger charge is -2.31. The lowest BCUT2D eigenvalue weighted by atomic mass is 9.95. The van der Waals surface area contributed by atoms with E-state index in [2.05, 4.69) is 5.32 Å². The Hall–Kier alpha value is -0.770. The normalized spacial score (nSPS) is 16.9. The second-order valence-electron chi connectivity index (χ2n) is 4.34. The van der Waals surface area contributed by atoms with Gasteiger partial charge in [-0.3, -0.25) is 9.59 Å². The first-order valence-electron chi connectivity index (χ1n) is 6.30. The highest BCUT2D eigenvalue weighted by Crippen LogP contribution is 2.18. The number of carbonyl (C=O) groups excluding carboxylic acids is 2. The number of rotatable bonds is 5. The van der Waals surface area contributed by atoms with Crippen molar-refractivity contribution in [2.45, 2.75) is 32.6 Å². The smallest absolute Gasteiger partial charge is 0.223 e. The molecule has 1 N–H and O–H groups in total. The molecule has 98 valence electrons. The predicted molar refractivity (Wildman–Crippen MR) is 67.9 cm³/mol. The molecule has 0 saturated carbocycles. The Balaban J connectivity index is 2.30. The van der Waals surface area contributed by atoms with E-state index in [1.165, 1.54) is 0 Å². The number of piperidine rings is 1. The van der Waals surface area contributed by atoms with Gasteiger partial charge in [0.25, 0.3) is 0 Å². The lowest BCUT2D eigenvalue weighted by molar-refractivity contribution is -0.135. The molecular weight excluding hydrogens is 240 g/mol. The van der Waals surface area contributed by atoms with Crippen LogP contribution in [0.2, 0.25) is 0 Å². The van der Waals surface area contributed by atoms with Gasteiger partial charge >= 0.3 is 0 Å². The molecule has 1 rings (SSSR count). The minimum Gasteiger partial charge on any atom is -0.356 e. The summed E-state index contributed by atoms with van der Waals surface area (Å²) in [7, 11) is 0. The van der Waals surface area contributed by atoms with Crippen LogP contribution in [0.1, 0.15) is 32.6 Å². The lowest BCUT2D eigenvalue weighted by Crippen LogP contribution is -2.42. The van der Waals surface area contributed by atoms with E-state index >= 15 is 0 Å². The molecule has 0 atom stereocenters. The quantitative estimate of drug-likeness (QED) is 0.760. The van der Waals surface area contributed by atoms with Gasteiger partial charge < -0.3 is 10.2 Å². The summed E-state index contributed by atoms with van der Waals surface area (Å²) in [6.07, 6.45) is 2.81. The zero-order valence-electron chi connectivity index (χ0n) is 10.4. The van der Waals surface area contributed by atoms with Gasteiger partial charge in [-0.05, 0) is 26.2 Å². The molecular formula is C12H21ClN2O2. The van der Waals surface area contributed by atoms with Crippen LogP contribution in [0.15, 0.2) is 0 Å². The number of halogens is 1. The van der Waals surface area contributed by atoms with Gasteiger partial charge in [0.1, 0.15) is 0 Å². The van der Waals surface area contributed by atoms with Crippen LogP contribution in [0.4, 0.5) is 0 Å². The Bertz CT molecular complexity index is 263. The average Bonchev–Trinajstić information content (AvgIpc) is 2.36. The predicted octanol–water partition coefficient (Wildman–Crippen LogP) is 1.38. The molecule has 0 aliphatic carbocycles. The van der Waals surface area contributed by atoms with Crippen molar-refractivity contribution in [2.75, 3.05) is 25.5 Å². The highest BCUT2D eigenvalue weighted by atomic mass is 35.5. The first kappa shape index (κ1) is 14.3. The van der Waals surface area contributed by atoms with Crippen LogP contribution in [0.5, 0.6) is 0 Å². The summed E-state index contributed by atoms with van der Waals surface area (Å²) in [6.45, 7) is 3.99. The van der Waals surface area contributed by atoms with E-state index in [-0.39, 0.29) is 17.7 Å². The minimum atomic E-state index is 0.0760. The van der Waals surface area contributed by atoms with Crippen LogP contribution in [-0.4, -0.2) is 42.2 Å². The van der Waals surface area contributed by atoms with Gasteiger partial charge in [0.05, 0.1) is 0 Å². The van der Waals surface area contributed by atoms with Crippen LogP contribution >= 0.6 is 11.6 Å². The Morgan fingerprint density at radius 2 is 2.00 bits per heavy atom. The molecule has 0 unspecified atom stereocenters. The Morgan fingerprint density at radius 3 is 2.53 bits per heavy atom. The summed E-state index contributed by atoms with van der Waals surface area (Å²) in [5.41, 5.74) is 0. The SMILES string of the molecule is CCNC(=O)C1CCN(C(=O)CCCCl)CC1. The molecule has 0 aromatic carbocycles. The van der Waals surface area contributed by atoms with E-state index in [0.717, 1.165) is 19.3 Å². The molecule has 0 bridgehead atoms. The molecule has 1 saturated heterocycles. The second kappa shape index (κ2) is 7.54. The summed E-state index contributed by atoms with van der Waals surface area (Å²) in [4.78, 5) is 25.2. The van der Waals surface area contributed by atoms with Crippen LogP contribution in [0.25, 0.3) is 0 Å². The van der Waals surface area contributed by atoms with Gasteiger partial charge in [0.15, 0.2) is 0 Å². The Labute approximate surface area is 108 Å². The number of nitrogens with zero attached hydrogens (tertiary/aromatic N) is 1. The molecule has 5 heteroatoms. The largest absolute Gasteiger partial charge is 0.356 e. The van der Waals surface area contributed by atoms with Crippen molar-refractivity contribution in [1.29, 1.82) is 0 Å².